The van der Waals surface area contributed by atoms with Crippen LogP contribution in [0.25, 0.3) is 10.2 Å². The third-order valence-electron chi connectivity index (χ3n) is 5.86. The molecular formula is C23H21N5O4S. The Kier molecular flexibility index (Phi) is 5.29. The summed E-state index contributed by atoms with van der Waals surface area (Å²) >= 11 is 1.49. The van der Waals surface area contributed by atoms with Crippen LogP contribution in [-0.4, -0.2) is 22.9 Å². The molecule has 33 heavy (non-hydrogen) atoms. The van der Waals surface area contributed by atoms with E-state index in [1.807, 2.05) is 24.3 Å². The summed E-state index contributed by atoms with van der Waals surface area (Å²) in [6.45, 7) is 0.604. The molecule has 1 aliphatic rings. The average Bonchev–Trinajstić information content (AvgIpc) is 3.40. The summed E-state index contributed by atoms with van der Waals surface area (Å²) in [4.78, 5) is 57.2. The van der Waals surface area contributed by atoms with Gasteiger partial charge in [0.1, 0.15) is 16.2 Å². The van der Waals surface area contributed by atoms with Crippen molar-refractivity contribution in [2.24, 2.45) is 0 Å². The van der Waals surface area contributed by atoms with E-state index in [1.54, 1.807) is 7.05 Å². The van der Waals surface area contributed by atoms with Crippen LogP contribution < -0.4 is 32.4 Å². The summed E-state index contributed by atoms with van der Waals surface area (Å²) in [7, 11) is 1.59. The SMILES string of the molecule is CNc1c(NCc2cccc(CNC(=O)c3nc4sc5c(c4c(=O)[nH]3)CCC5)c2)c(=O)c1=O. The van der Waals surface area contributed by atoms with Gasteiger partial charge >= 0.3 is 0 Å². The molecule has 5 rings (SSSR count). The smallest absolute Gasteiger partial charge is 0.287 e. The van der Waals surface area contributed by atoms with E-state index in [0.29, 0.717) is 16.8 Å². The first kappa shape index (κ1) is 21.1. The molecule has 2 aromatic carbocycles. The first-order valence-electron chi connectivity index (χ1n) is 10.6. The lowest BCUT2D eigenvalue weighted by Crippen LogP contribution is -2.36. The van der Waals surface area contributed by atoms with E-state index in [1.165, 1.54) is 16.2 Å². The van der Waals surface area contributed by atoms with Crippen molar-refractivity contribution in [1.29, 1.82) is 0 Å². The molecule has 0 bridgehead atoms. The van der Waals surface area contributed by atoms with Gasteiger partial charge in [0.05, 0.1) is 5.39 Å². The van der Waals surface area contributed by atoms with Crippen LogP contribution in [0.4, 0.5) is 11.4 Å². The zero-order valence-electron chi connectivity index (χ0n) is 17.8. The van der Waals surface area contributed by atoms with Crippen LogP contribution in [0.1, 0.15) is 38.6 Å². The quantitative estimate of drug-likeness (QED) is 0.306. The molecule has 0 fully saturated rings. The number of amides is 1. The number of nitrogens with one attached hydrogen (secondary N) is 4. The molecule has 0 aliphatic heterocycles. The molecule has 4 N–H and O–H groups in total. The van der Waals surface area contributed by atoms with Gasteiger partial charge in [0.25, 0.3) is 22.3 Å². The predicted octanol–water partition coefficient (Wildman–Crippen LogP) is 1.65. The number of fused-ring (bicyclic) bond motifs is 3. The minimum Gasteiger partial charge on any atom is -0.383 e. The molecule has 0 saturated carbocycles. The highest BCUT2D eigenvalue weighted by atomic mass is 32.1. The number of H-pyrrole nitrogens is 1. The monoisotopic (exact) mass is 463 g/mol. The Hall–Kier alpha value is -3.79. The van der Waals surface area contributed by atoms with Crippen molar-refractivity contribution in [2.75, 3.05) is 17.7 Å². The minimum absolute atomic E-state index is 0.00457. The van der Waals surface area contributed by atoms with Crippen molar-refractivity contribution in [1.82, 2.24) is 15.3 Å². The third kappa shape index (κ3) is 3.72. The van der Waals surface area contributed by atoms with Gasteiger partial charge in [-0.3, -0.25) is 19.2 Å². The zero-order chi connectivity index (χ0) is 23.1. The number of hydrogen-bond acceptors (Lipinski definition) is 8. The number of carbonyl (C=O) groups is 1. The fraction of sp³-hybridized carbons (Fsp3) is 0.261. The predicted molar refractivity (Wildman–Crippen MR) is 128 cm³/mol. The maximum Gasteiger partial charge on any atom is 0.287 e. The molecule has 168 valence electrons. The summed E-state index contributed by atoms with van der Waals surface area (Å²) in [6.07, 6.45) is 2.89. The van der Waals surface area contributed by atoms with Crippen LogP contribution in [0.2, 0.25) is 0 Å². The van der Waals surface area contributed by atoms with Crippen LogP contribution in [0, 0.1) is 0 Å². The Morgan fingerprint density at radius 3 is 2.64 bits per heavy atom. The Morgan fingerprint density at radius 1 is 1.09 bits per heavy atom. The van der Waals surface area contributed by atoms with Gasteiger partial charge in [-0.25, -0.2) is 4.98 Å². The van der Waals surface area contributed by atoms with E-state index in [2.05, 4.69) is 25.9 Å². The van der Waals surface area contributed by atoms with Crippen molar-refractivity contribution in [2.45, 2.75) is 32.4 Å². The highest BCUT2D eigenvalue weighted by Gasteiger charge is 2.22. The van der Waals surface area contributed by atoms with E-state index in [4.69, 9.17) is 0 Å². The lowest BCUT2D eigenvalue weighted by atomic mass is 10.1. The molecule has 1 amide bonds. The average molecular weight is 464 g/mol. The fourth-order valence-electron chi connectivity index (χ4n) is 4.21. The number of nitrogens with zero attached hydrogens (tertiary/aromatic N) is 1. The molecule has 2 heterocycles. The Bertz CT molecular complexity index is 1530. The van der Waals surface area contributed by atoms with Crippen molar-refractivity contribution in [3.63, 3.8) is 0 Å². The normalized spacial score (nSPS) is 12.8. The van der Waals surface area contributed by atoms with E-state index < -0.39 is 16.8 Å². The van der Waals surface area contributed by atoms with Crippen LogP contribution in [0.3, 0.4) is 0 Å². The molecule has 0 saturated heterocycles. The zero-order valence-corrected chi connectivity index (χ0v) is 18.6. The maximum atomic E-state index is 12.6. The largest absolute Gasteiger partial charge is 0.383 e. The van der Waals surface area contributed by atoms with Crippen molar-refractivity contribution in [3.8, 4) is 0 Å². The van der Waals surface area contributed by atoms with Crippen LogP contribution in [0.5, 0.6) is 0 Å². The summed E-state index contributed by atoms with van der Waals surface area (Å²) in [5.74, 6) is -0.446. The number of aromatic nitrogens is 2. The highest BCUT2D eigenvalue weighted by molar-refractivity contribution is 7.18. The van der Waals surface area contributed by atoms with Crippen molar-refractivity contribution < 1.29 is 4.79 Å². The first-order chi connectivity index (χ1) is 16.0. The molecule has 0 unspecified atom stereocenters. The number of thiophene rings is 1. The van der Waals surface area contributed by atoms with E-state index in [0.717, 1.165) is 36.0 Å². The minimum atomic E-state index is -0.530. The van der Waals surface area contributed by atoms with Gasteiger partial charge in [0.2, 0.25) is 5.82 Å². The summed E-state index contributed by atoms with van der Waals surface area (Å²) in [6, 6.07) is 7.48. The van der Waals surface area contributed by atoms with Gasteiger partial charge in [-0.2, -0.15) is 0 Å². The number of anilines is 2. The van der Waals surface area contributed by atoms with Gasteiger partial charge in [0, 0.05) is 25.0 Å². The number of hydrogen-bond donors (Lipinski definition) is 4. The molecule has 4 aromatic rings. The lowest BCUT2D eigenvalue weighted by molar-refractivity contribution is 0.0940. The molecule has 0 atom stereocenters. The summed E-state index contributed by atoms with van der Waals surface area (Å²) in [5, 5.41) is 9.12. The molecule has 1 aliphatic carbocycles. The summed E-state index contributed by atoms with van der Waals surface area (Å²) in [5.41, 5.74) is 2.07. The van der Waals surface area contributed by atoms with Crippen LogP contribution >= 0.6 is 11.3 Å². The Balaban J connectivity index is 1.26. The Labute approximate surface area is 191 Å². The maximum absolute atomic E-state index is 12.6. The van der Waals surface area contributed by atoms with E-state index in [9.17, 15) is 19.2 Å². The molecule has 9 nitrogen and oxygen atoms in total. The molecule has 0 spiro atoms. The van der Waals surface area contributed by atoms with Gasteiger partial charge in [-0.15, -0.1) is 11.3 Å². The molecule has 0 radical (unpaired) electrons. The second kappa shape index (κ2) is 8.28. The summed E-state index contributed by atoms with van der Waals surface area (Å²) < 4.78 is 0. The molecular weight excluding hydrogens is 442 g/mol. The van der Waals surface area contributed by atoms with Crippen LogP contribution in [-0.2, 0) is 25.9 Å². The van der Waals surface area contributed by atoms with Crippen molar-refractivity contribution in [3.05, 3.63) is 82.5 Å². The second-order valence-corrected chi connectivity index (χ2v) is 9.05. The van der Waals surface area contributed by atoms with E-state index >= 15 is 0 Å². The number of aryl methyl sites for hydroxylation is 2. The van der Waals surface area contributed by atoms with Crippen LogP contribution in [0.15, 0.2) is 38.6 Å². The fourth-order valence-corrected chi connectivity index (χ4v) is 5.48. The van der Waals surface area contributed by atoms with Gasteiger partial charge in [-0.1, -0.05) is 24.3 Å². The lowest BCUT2D eigenvalue weighted by Gasteiger charge is -2.13. The number of benzene rings is 1. The van der Waals surface area contributed by atoms with Gasteiger partial charge in [-0.05, 0) is 36.0 Å². The second-order valence-electron chi connectivity index (χ2n) is 7.97. The number of rotatable bonds is 7. The third-order valence-corrected chi connectivity index (χ3v) is 7.05. The van der Waals surface area contributed by atoms with Gasteiger partial charge in [0.15, 0.2) is 0 Å². The van der Waals surface area contributed by atoms with Crippen molar-refractivity contribution >= 4 is 38.8 Å². The molecule has 10 heteroatoms. The number of aromatic amines is 1. The Morgan fingerprint density at radius 2 is 1.85 bits per heavy atom. The standard InChI is InChI=1S/C23H21N5O4S/c1-24-16-17(19(30)18(16)29)25-9-11-4-2-5-12(8-11)10-26-22(32)20-27-21(31)15-13-6-3-7-14(13)33-23(15)28-20/h2,4-5,8,24-25H,3,6-7,9-10H2,1H3,(H,26,32)(H,27,28,31). The van der Waals surface area contributed by atoms with Gasteiger partial charge < -0.3 is 20.9 Å². The number of carbonyl (C=O) groups excluding carboxylic acids is 1. The topological polar surface area (TPSA) is 133 Å². The first-order valence-corrected chi connectivity index (χ1v) is 11.4. The van der Waals surface area contributed by atoms with E-state index in [-0.39, 0.29) is 29.3 Å². The molecule has 2 aromatic heterocycles. The highest BCUT2D eigenvalue weighted by Crippen LogP contribution is 2.34.